The van der Waals surface area contributed by atoms with Crippen molar-refractivity contribution < 1.29 is 4.79 Å². The topological polar surface area (TPSA) is 58.4 Å². The van der Waals surface area contributed by atoms with Crippen LogP contribution in [0.5, 0.6) is 0 Å². The molecule has 3 aromatic rings. The van der Waals surface area contributed by atoms with Crippen molar-refractivity contribution >= 4 is 17.2 Å². The first-order valence-electron chi connectivity index (χ1n) is 9.23. The standard InChI is InChI=1S/C21H24N4O/c1-15-5-4-10-25-19(14-23-20(15)25)13-22-12-16-6-2-9-18(11-16)24-21(26)17-7-3-8-17/h2,4-6,9-11,14,17,22H,3,7-8,12-13H2,1H3,(H,24,26). The van der Waals surface area contributed by atoms with Crippen molar-refractivity contribution in [1.29, 1.82) is 0 Å². The largest absolute Gasteiger partial charge is 0.326 e. The number of pyridine rings is 1. The molecule has 1 aliphatic rings. The fourth-order valence-corrected chi connectivity index (χ4v) is 3.34. The van der Waals surface area contributed by atoms with E-state index in [4.69, 9.17) is 0 Å². The number of carbonyl (C=O) groups excluding carboxylic acids is 1. The van der Waals surface area contributed by atoms with Crippen LogP contribution >= 0.6 is 0 Å². The molecule has 1 saturated carbocycles. The average Bonchev–Trinajstić information content (AvgIpc) is 2.98. The van der Waals surface area contributed by atoms with Gasteiger partial charge in [-0.05, 0) is 49.1 Å². The number of nitrogens with zero attached hydrogens (tertiary/aromatic N) is 2. The van der Waals surface area contributed by atoms with Crippen LogP contribution in [-0.4, -0.2) is 15.3 Å². The van der Waals surface area contributed by atoms with Gasteiger partial charge in [-0.3, -0.25) is 4.79 Å². The van der Waals surface area contributed by atoms with Gasteiger partial charge >= 0.3 is 0 Å². The normalized spacial score (nSPS) is 14.3. The number of aromatic nitrogens is 2. The predicted molar refractivity (Wildman–Crippen MR) is 103 cm³/mol. The van der Waals surface area contributed by atoms with Gasteiger partial charge in [-0.25, -0.2) is 4.98 Å². The van der Waals surface area contributed by atoms with Crippen molar-refractivity contribution in [1.82, 2.24) is 14.7 Å². The second-order valence-electron chi connectivity index (χ2n) is 7.06. The Morgan fingerprint density at radius 1 is 1.23 bits per heavy atom. The summed E-state index contributed by atoms with van der Waals surface area (Å²) < 4.78 is 2.12. The monoisotopic (exact) mass is 348 g/mol. The molecule has 26 heavy (non-hydrogen) atoms. The molecule has 5 nitrogen and oxygen atoms in total. The van der Waals surface area contributed by atoms with Crippen LogP contribution in [0, 0.1) is 12.8 Å². The SMILES string of the molecule is Cc1cccn2c(CNCc3cccc(NC(=O)C4CCC4)c3)cnc12. The number of fused-ring (bicyclic) bond motifs is 1. The summed E-state index contributed by atoms with van der Waals surface area (Å²) in [6.45, 7) is 3.55. The Kier molecular flexibility index (Phi) is 4.71. The van der Waals surface area contributed by atoms with Gasteiger partial charge in [0.1, 0.15) is 5.65 Å². The summed E-state index contributed by atoms with van der Waals surface area (Å²) in [5, 5.41) is 6.51. The van der Waals surface area contributed by atoms with Crippen LogP contribution in [-0.2, 0) is 17.9 Å². The lowest BCUT2D eigenvalue weighted by Gasteiger charge is -2.24. The first-order chi connectivity index (χ1) is 12.7. The lowest BCUT2D eigenvalue weighted by atomic mass is 9.85. The molecule has 0 aliphatic heterocycles. The minimum atomic E-state index is 0.155. The molecule has 4 rings (SSSR count). The van der Waals surface area contributed by atoms with Crippen LogP contribution in [0.4, 0.5) is 5.69 Å². The summed E-state index contributed by atoms with van der Waals surface area (Å²) in [5.74, 6) is 0.359. The maximum absolute atomic E-state index is 12.1. The first kappa shape index (κ1) is 16.8. The van der Waals surface area contributed by atoms with E-state index >= 15 is 0 Å². The summed E-state index contributed by atoms with van der Waals surface area (Å²) in [4.78, 5) is 16.6. The third-order valence-corrected chi connectivity index (χ3v) is 5.11. The molecule has 5 heteroatoms. The van der Waals surface area contributed by atoms with Gasteiger partial charge in [0.05, 0.1) is 11.9 Å². The van der Waals surface area contributed by atoms with E-state index in [1.807, 2.05) is 36.7 Å². The molecule has 1 aliphatic carbocycles. The van der Waals surface area contributed by atoms with Gasteiger partial charge in [-0.2, -0.15) is 0 Å². The number of aryl methyl sites for hydroxylation is 1. The fraction of sp³-hybridized carbons (Fsp3) is 0.333. The van der Waals surface area contributed by atoms with Crippen molar-refractivity contribution in [3.05, 3.63) is 65.6 Å². The van der Waals surface area contributed by atoms with Crippen molar-refractivity contribution in [2.75, 3.05) is 5.32 Å². The van der Waals surface area contributed by atoms with Crippen molar-refractivity contribution in [3.8, 4) is 0 Å². The van der Waals surface area contributed by atoms with Crippen LogP contribution in [0.2, 0.25) is 0 Å². The highest BCUT2D eigenvalue weighted by Crippen LogP contribution is 2.27. The first-order valence-corrected chi connectivity index (χ1v) is 9.23. The number of hydrogen-bond donors (Lipinski definition) is 2. The Morgan fingerprint density at radius 2 is 2.12 bits per heavy atom. The third-order valence-electron chi connectivity index (χ3n) is 5.11. The molecule has 1 fully saturated rings. The lowest BCUT2D eigenvalue weighted by Crippen LogP contribution is -2.28. The third kappa shape index (κ3) is 3.48. The molecule has 0 radical (unpaired) electrons. The number of rotatable bonds is 6. The van der Waals surface area contributed by atoms with Gasteiger partial charge in [0.25, 0.3) is 0 Å². The molecule has 1 amide bonds. The summed E-state index contributed by atoms with van der Waals surface area (Å²) in [7, 11) is 0. The predicted octanol–water partition coefficient (Wildman–Crippen LogP) is 3.67. The van der Waals surface area contributed by atoms with E-state index in [1.54, 1.807) is 0 Å². The average molecular weight is 348 g/mol. The van der Waals surface area contributed by atoms with Crippen LogP contribution in [0.25, 0.3) is 5.65 Å². The molecular formula is C21H24N4O. The van der Waals surface area contributed by atoms with Crippen molar-refractivity contribution in [2.24, 2.45) is 5.92 Å². The second-order valence-corrected chi connectivity index (χ2v) is 7.06. The smallest absolute Gasteiger partial charge is 0.227 e. The Labute approximate surface area is 153 Å². The number of carbonyl (C=O) groups is 1. The van der Waals surface area contributed by atoms with E-state index in [-0.39, 0.29) is 11.8 Å². The Hall–Kier alpha value is -2.66. The van der Waals surface area contributed by atoms with E-state index in [1.165, 1.54) is 12.0 Å². The number of nitrogens with one attached hydrogen (secondary N) is 2. The highest BCUT2D eigenvalue weighted by Gasteiger charge is 2.25. The van der Waals surface area contributed by atoms with E-state index in [0.29, 0.717) is 0 Å². The summed E-state index contributed by atoms with van der Waals surface area (Å²) in [6.07, 6.45) is 7.18. The molecule has 134 valence electrons. The number of amides is 1. The number of imidazole rings is 1. The Bertz CT molecular complexity index is 927. The summed E-state index contributed by atoms with van der Waals surface area (Å²) in [6, 6.07) is 12.2. The number of anilines is 1. The van der Waals surface area contributed by atoms with Gasteiger partial charge in [0.2, 0.25) is 5.91 Å². The summed E-state index contributed by atoms with van der Waals surface area (Å²) in [5.41, 5.74) is 5.35. The van der Waals surface area contributed by atoms with E-state index < -0.39 is 0 Å². The maximum Gasteiger partial charge on any atom is 0.227 e. The molecule has 0 unspecified atom stereocenters. The van der Waals surface area contributed by atoms with E-state index in [0.717, 1.165) is 48.5 Å². The van der Waals surface area contributed by atoms with Crippen LogP contribution in [0.3, 0.4) is 0 Å². The quantitative estimate of drug-likeness (QED) is 0.714. The van der Waals surface area contributed by atoms with Gasteiger partial charge in [-0.15, -0.1) is 0 Å². The van der Waals surface area contributed by atoms with E-state index in [2.05, 4.69) is 39.1 Å². The van der Waals surface area contributed by atoms with E-state index in [9.17, 15) is 4.79 Å². The highest BCUT2D eigenvalue weighted by molar-refractivity contribution is 5.93. The zero-order valence-electron chi connectivity index (χ0n) is 15.0. The fourth-order valence-electron chi connectivity index (χ4n) is 3.34. The number of hydrogen-bond acceptors (Lipinski definition) is 3. The molecule has 2 N–H and O–H groups in total. The zero-order valence-corrected chi connectivity index (χ0v) is 15.0. The molecule has 0 saturated heterocycles. The maximum atomic E-state index is 12.1. The summed E-state index contributed by atoms with van der Waals surface area (Å²) >= 11 is 0. The lowest BCUT2D eigenvalue weighted by molar-refractivity contribution is -0.122. The molecule has 2 aromatic heterocycles. The highest BCUT2D eigenvalue weighted by atomic mass is 16.1. The Morgan fingerprint density at radius 3 is 2.92 bits per heavy atom. The minimum Gasteiger partial charge on any atom is -0.326 e. The second kappa shape index (κ2) is 7.30. The van der Waals surface area contributed by atoms with Crippen LogP contribution < -0.4 is 10.6 Å². The van der Waals surface area contributed by atoms with Gasteiger partial charge in [0, 0.05) is 30.9 Å². The van der Waals surface area contributed by atoms with Crippen molar-refractivity contribution in [3.63, 3.8) is 0 Å². The van der Waals surface area contributed by atoms with Gasteiger partial charge in [0.15, 0.2) is 0 Å². The van der Waals surface area contributed by atoms with Gasteiger partial charge < -0.3 is 15.0 Å². The van der Waals surface area contributed by atoms with Crippen molar-refractivity contribution in [2.45, 2.75) is 39.3 Å². The van der Waals surface area contributed by atoms with Gasteiger partial charge in [-0.1, -0.05) is 24.6 Å². The number of benzene rings is 1. The molecule has 0 bridgehead atoms. The Balaban J connectivity index is 1.36. The minimum absolute atomic E-state index is 0.155. The molecule has 1 aromatic carbocycles. The molecule has 0 spiro atoms. The van der Waals surface area contributed by atoms with Crippen LogP contribution in [0.15, 0.2) is 48.8 Å². The molecule has 0 atom stereocenters. The molecule has 2 heterocycles. The molecular weight excluding hydrogens is 324 g/mol. The van der Waals surface area contributed by atoms with Crippen LogP contribution in [0.1, 0.15) is 36.1 Å². The zero-order chi connectivity index (χ0) is 17.9.